The van der Waals surface area contributed by atoms with Crippen LogP contribution in [0.3, 0.4) is 0 Å². The molecule has 5 nitrogen and oxygen atoms in total. The van der Waals surface area contributed by atoms with E-state index in [0.717, 1.165) is 12.0 Å². The molecule has 4 atom stereocenters. The number of carbonyl (C=O) groups is 1. The normalized spacial score (nSPS) is 42.8. The largest absolute Gasteiger partial charge is 0.459 e. The highest BCUT2D eigenvalue weighted by atomic mass is 16.6. The van der Waals surface area contributed by atoms with Crippen molar-refractivity contribution in [2.75, 3.05) is 13.7 Å². The molecular weight excluding hydrogens is 296 g/mol. The first kappa shape index (κ1) is 18.2. The summed E-state index contributed by atoms with van der Waals surface area (Å²) < 4.78 is 11.1. The van der Waals surface area contributed by atoms with E-state index in [4.69, 9.17) is 9.47 Å². The Balaban J connectivity index is 2.53. The molecule has 2 rings (SSSR count). The molecule has 0 radical (unpaired) electrons. The van der Waals surface area contributed by atoms with Crippen molar-refractivity contribution in [3.63, 3.8) is 0 Å². The van der Waals surface area contributed by atoms with Crippen molar-refractivity contribution >= 4 is 5.97 Å². The second-order valence-corrected chi connectivity index (χ2v) is 7.54. The van der Waals surface area contributed by atoms with Gasteiger partial charge in [0.25, 0.3) is 0 Å². The lowest BCUT2D eigenvalue weighted by atomic mass is 9.47. The number of fused-ring (bicyclic) bond motifs is 1. The van der Waals surface area contributed by atoms with Crippen LogP contribution in [0.4, 0.5) is 0 Å². The van der Waals surface area contributed by atoms with E-state index in [1.54, 1.807) is 7.11 Å². The Labute approximate surface area is 138 Å². The van der Waals surface area contributed by atoms with Gasteiger partial charge in [-0.2, -0.15) is 0 Å². The summed E-state index contributed by atoms with van der Waals surface area (Å²) in [5, 5.41) is 21.2. The SMILES string of the molecule is CO[C@]1(C)/C=C\C=C(\CO)[C@H]2CC(C)(C)[C@]2(O)[C@@H](OC(C)=O)C1. The van der Waals surface area contributed by atoms with E-state index < -0.39 is 28.7 Å². The zero-order valence-corrected chi connectivity index (χ0v) is 14.6. The molecule has 2 N–H and O–H groups in total. The van der Waals surface area contributed by atoms with Gasteiger partial charge in [0.05, 0.1) is 12.2 Å². The minimum atomic E-state index is -1.24. The van der Waals surface area contributed by atoms with E-state index in [2.05, 4.69) is 0 Å². The van der Waals surface area contributed by atoms with Crippen LogP contribution >= 0.6 is 0 Å². The predicted molar refractivity (Wildman–Crippen MR) is 86.7 cm³/mol. The second-order valence-electron chi connectivity index (χ2n) is 7.54. The zero-order chi connectivity index (χ0) is 17.5. The van der Waals surface area contributed by atoms with Gasteiger partial charge in [-0.05, 0) is 24.3 Å². The number of aliphatic hydroxyl groups excluding tert-OH is 1. The van der Waals surface area contributed by atoms with Gasteiger partial charge in [-0.15, -0.1) is 0 Å². The Kier molecular flexibility index (Phi) is 4.77. The van der Waals surface area contributed by atoms with E-state index in [1.165, 1.54) is 6.92 Å². The second kappa shape index (κ2) is 6.04. The first-order valence-electron chi connectivity index (χ1n) is 8.03. The Hall–Kier alpha value is -1.17. The number of aliphatic hydroxyl groups is 2. The number of esters is 1. The summed E-state index contributed by atoms with van der Waals surface area (Å²) in [7, 11) is 1.59. The van der Waals surface area contributed by atoms with Crippen molar-refractivity contribution in [1.29, 1.82) is 0 Å². The third-order valence-electron chi connectivity index (χ3n) is 5.58. The van der Waals surface area contributed by atoms with Crippen molar-refractivity contribution in [2.24, 2.45) is 11.3 Å². The molecule has 2 aliphatic rings. The molecule has 1 saturated carbocycles. The lowest BCUT2D eigenvalue weighted by molar-refractivity contribution is -0.257. The van der Waals surface area contributed by atoms with E-state index in [0.29, 0.717) is 6.42 Å². The Morgan fingerprint density at radius 1 is 1.35 bits per heavy atom. The number of hydrogen-bond acceptors (Lipinski definition) is 5. The summed E-state index contributed by atoms with van der Waals surface area (Å²) in [4.78, 5) is 11.6. The lowest BCUT2D eigenvalue weighted by Crippen LogP contribution is -2.69. The van der Waals surface area contributed by atoms with Crippen molar-refractivity contribution in [1.82, 2.24) is 0 Å². The van der Waals surface area contributed by atoms with Crippen LogP contribution in [0, 0.1) is 11.3 Å². The van der Waals surface area contributed by atoms with Gasteiger partial charge in [0, 0.05) is 26.4 Å². The highest BCUT2D eigenvalue weighted by molar-refractivity contribution is 5.66. The van der Waals surface area contributed by atoms with E-state index >= 15 is 0 Å². The van der Waals surface area contributed by atoms with E-state index in [-0.39, 0.29) is 12.5 Å². The summed E-state index contributed by atoms with van der Waals surface area (Å²) in [6.45, 7) is 7.03. The van der Waals surface area contributed by atoms with Crippen LogP contribution in [0.2, 0.25) is 0 Å². The molecule has 5 heteroatoms. The van der Waals surface area contributed by atoms with Crippen LogP contribution in [0.15, 0.2) is 23.8 Å². The van der Waals surface area contributed by atoms with Gasteiger partial charge in [0.1, 0.15) is 11.7 Å². The molecule has 0 heterocycles. The van der Waals surface area contributed by atoms with Gasteiger partial charge in [-0.3, -0.25) is 4.79 Å². The number of methoxy groups -OCH3 is 1. The van der Waals surface area contributed by atoms with Crippen LogP contribution in [0.1, 0.15) is 40.5 Å². The summed E-state index contributed by atoms with van der Waals surface area (Å²) in [6.07, 6.45) is 5.92. The topological polar surface area (TPSA) is 76.0 Å². The summed E-state index contributed by atoms with van der Waals surface area (Å²) in [6, 6.07) is 0. The number of hydrogen-bond donors (Lipinski definition) is 2. The average molecular weight is 324 g/mol. The van der Waals surface area contributed by atoms with Gasteiger partial charge in [0.2, 0.25) is 0 Å². The maximum Gasteiger partial charge on any atom is 0.303 e. The highest BCUT2D eigenvalue weighted by Crippen LogP contribution is 2.60. The zero-order valence-electron chi connectivity index (χ0n) is 14.6. The predicted octanol–water partition coefficient (Wildman–Crippen LogP) is 1.98. The van der Waals surface area contributed by atoms with Gasteiger partial charge in [-0.25, -0.2) is 0 Å². The van der Waals surface area contributed by atoms with Crippen molar-refractivity contribution < 1.29 is 24.5 Å². The molecule has 0 aliphatic heterocycles. The molecule has 23 heavy (non-hydrogen) atoms. The molecule has 0 amide bonds. The fourth-order valence-electron chi connectivity index (χ4n) is 3.97. The molecule has 1 fully saturated rings. The Bertz CT molecular complexity index is 536. The molecule has 130 valence electrons. The molecule has 0 bridgehead atoms. The Morgan fingerprint density at radius 2 is 2.00 bits per heavy atom. The maximum absolute atomic E-state index is 11.6. The fraction of sp³-hybridized carbons (Fsp3) is 0.722. The van der Waals surface area contributed by atoms with Crippen LogP contribution < -0.4 is 0 Å². The number of allylic oxidation sites excluding steroid dienone is 2. The van der Waals surface area contributed by atoms with Gasteiger partial charge in [-0.1, -0.05) is 32.1 Å². The molecule has 0 aromatic rings. The third-order valence-corrected chi connectivity index (χ3v) is 5.58. The van der Waals surface area contributed by atoms with Crippen LogP contribution in [-0.2, 0) is 14.3 Å². The first-order valence-corrected chi connectivity index (χ1v) is 8.03. The van der Waals surface area contributed by atoms with Gasteiger partial charge in [0.15, 0.2) is 0 Å². The van der Waals surface area contributed by atoms with Crippen molar-refractivity contribution in [3.05, 3.63) is 23.8 Å². The monoisotopic (exact) mass is 324 g/mol. The molecule has 0 aromatic heterocycles. The van der Waals surface area contributed by atoms with Crippen LogP contribution in [0.5, 0.6) is 0 Å². The van der Waals surface area contributed by atoms with Crippen molar-refractivity contribution in [3.8, 4) is 0 Å². The highest BCUT2D eigenvalue weighted by Gasteiger charge is 2.66. The number of rotatable bonds is 3. The molecule has 0 saturated heterocycles. The Morgan fingerprint density at radius 3 is 2.48 bits per heavy atom. The number of carbonyl (C=O) groups excluding carboxylic acids is 1. The third kappa shape index (κ3) is 2.97. The summed E-state index contributed by atoms with van der Waals surface area (Å²) in [5.74, 6) is -0.670. The standard InChI is InChI=1S/C18H28O5/c1-12(20)23-15-10-17(4,22-5)8-6-7-13(11-19)14-9-16(2,3)18(14,15)21/h6-8,14-15,19,21H,9-11H2,1-5H3/b8-6-,13-7-/t14-,15+,17-,18-/m1/s1. The van der Waals surface area contributed by atoms with Gasteiger partial charge >= 0.3 is 5.97 Å². The molecule has 0 aromatic carbocycles. The quantitative estimate of drug-likeness (QED) is 0.776. The maximum atomic E-state index is 11.6. The van der Waals surface area contributed by atoms with Crippen LogP contribution in [0.25, 0.3) is 0 Å². The van der Waals surface area contributed by atoms with Gasteiger partial charge < -0.3 is 19.7 Å². The lowest BCUT2D eigenvalue weighted by Gasteiger charge is -2.62. The molecular formula is C18H28O5. The van der Waals surface area contributed by atoms with E-state index in [9.17, 15) is 15.0 Å². The fourth-order valence-corrected chi connectivity index (χ4v) is 3.97. The molecule has 2 aliphatic carbocycles. The van der Waals surface area contributed by atoms with E-state index in [1.807, 2.05) is 39.0 Å². The van der Waals surface area contributed by atoms with Crippen LogP contribution in [-0.4, -0.2) is 47.2 Å². The van der Waals surface area contributed by atoms with Crippen molar-refractivity contribution in [2.45, 2.75) is 57.8 Å². The minimum Gasteiger partial charge on any atom is -0.459 e. The number of ether oxygens (including phenoxy) is 2. The molecule has 0 unspecified atom stereocenters. The molecule has 0 spiro atoms. The average Bonchev–Trinajstić information content (AvgIpc) is 2.50. The minimum absolute atomic E-state index is 0.135. The summed E-state index contributed by atoms with van der Waals surface area (Å²) in [5.41, 5.74) is -1.59. The summed E-state index contributed by atoms with van der Waals surface area (Å²) >= 11 is 0. The smallest absolute Gasteiger partial charge is 0.303 e. The first-order chi connectivity index (χ1) is 10.6.